The number of nitrogens with zero attached hydrogens (tertiary/aromatic N) is 4. The SMILES string of the molecule is C[C@@]12OC(c3ccc(C(F)(F)F)cc3)O[C@@H]1[C@@H](CO)O[C@H]2n1cnc2c(N)ncnc21. The van der Waals surface area contributed by atoms with Crippen LogP contribution in [0.3, 0.4) is 0 Å². The summed E-state index contributed by atoms with van der Waals surface area (Å²) in [6.45, 7) is 1.40. The first-order valence-corrected chi connectivity index (χ1v) is 9.42. The number of alkyl halides is 3. The molecule has 0 bridgehead atoms. The van der Waals surface area contributed by atoms with E-state index in [1.807, 2.05) is 0 Å². The highest BCUT2D eigenvalue weighted by molar-refractivity contribution is 5.81. The maximum atomic E-state index is 12.9. The van der Waals surface area contributed by atoms with Crippen LogP contribution in [-0.2, 0) is 20.4 Å². The summed E-state index contributed by atoms with van der Waals surface area (Å²) < 4.78 is 58.4. The number of imidazole rings is 1. The molecule has 2 fully saturated rings. The first kappa shape index (κ1) is 20.1. The molecule has 9 nitrogen and oxygen atoms in total. The van der Waals surface area contributed by atoms with Crippen LogP contribution in [0.4, 0.5) is 19.0 Å². The molecular weight excluding hydrogens is 419 g/mol. The van der Waals surface area contributed by atoms with Gasteiger partial charge in [-0.1, -0.05) is 12.1 Å². The number of nitrogens with two attached hydrogens (primary N) is 1. The summed E-state index contributed by atoms with van der Waals surface area (Å²) in [6, 6.07) is 4.56. The van der Waals surface area contributed by atoms with E-state index in [1.54, 1.807) is 11.5 Å². The van der Waals surface area contributed by atoms with Gasteiger partial charge in [-0.15, -0.1) is 0 Å². The Bertz CT molecular complexity index is 1120. The zero-order valence-electron chi connectivity index (χ0n) is 16.2. The average Bonchev–Trinajstić information content (AvgIpc) is 3.38. The first-order valence-electron chi connectivity index (χ1n) is 9.42. The molecule has 1 unspecified atom stereocenters. The van der Waals surface area contributed by atoms with Crippen molar-refractivity contribution in [1.29, 1.82) is 0 Å². The molecule has 3 aromatic rings. The van der Waals surface area contributed by atoms with Crippen LogP contribution in [0, 0.1) is 0 Å². The van der Waals surface area contributed by atoms with Gasteiger partial charge in [0.15, 0.2) is 24.0 Å². The number of ether oxygens (including phenoxy) is 3. The van der Waals surface area contributed by atoms with Gasteiger partial charge >= 0.3 is 6.18 Å². The van der Waals surface area contributed by atoms with Crippen molar-refractivity contribution in [2.45, 2.75) is 43.4 Å². The van der Waals surface area contributed by atoms with E-state index >= 15 is 0 Å². The molecule has 0 amide bonds. The van der Waals surface area contributed by atoms with Gasteiger partial charge in [0.1, 0.15) is 29.7 Å². The summed E-state index contributed by atoms with van der Waals surface area (Å²) in [4.78, 5) is 12.4. The van der Waals surface area contributed by atoms with Crippen LogP contribution in [-0.4, -0.2) is 49.0 Å². The number of halogens is 3. The smallest absolute Gasteiger partial charge is 0.394 e. The molecule has 0 spiro atoms. The molecule has 2 aliphatic rings. The van der Waals surface area contributed by atoms with Crippen LogP contribution in [0.5, 0.6) is 0 Å². The Morgan fingerprint density at radius 2 is 1.90 bits per heavy atom. The Labute approximate surface area is 173 Å². The number of fused-ring (bicyclic) bond motifs is 2. The van der Waals surface area contributed by atoms with Crippen LogP contribution in [0.15, 0.2) is 36.9 Å². The molecule has 2 aliphatic heterocycles. The Morgan fingerprint density at radius 3 is 2.58 bits per heavy atom. The number of benzene rings is 1. The Kier molecular flexibility index (Phi) is 4.45. The monoisotopic (exact) mass is 437 g/mol. The van der Waals surface area contributed by atoms with E-state index in [1.165, 1.54) is 24.8 Å². The molecule has 4 heterocycles. The molecule has 0 aliphatic carbocycles. The molecule has 164 valence electrons. The minimum Gasteiger partial charge on any atom is -0.394 e. The topological polar surface area (TPSA) is 118 Å². The maximum absolute atomic E-state index is 12.9. The lowest BCUT2D eigenvalue weighted by Crippen LogP contribution is -2.41. The molecule has 0 saturated carbocycles. The number of anilines is 1. The lowest BCUT2D eigenvalue weighted by molar-refractivity contribution is -0.174. The third-order valence-electron chi connectivity index (χ3n) is 5.66. The molecule has 12 heteroatoms. The van der Waals surface area contributed by atoms with Crippen LogP contribution in [0.25, 0.3) is 11.2 Å². The van der Waals surface area contributed by atoms with Gasteiger partial charge in [-0.05, 0) is 19.1 Å². The Hall–Kier alpha value is -2.80. The van der Waals surface area contributed by atoms with E-state index in [0.717, 1.165) is 12.1 Å². The summed E-state index contributed by atoms with van der Waals surface area (Å²) in [7, 11) is 0. The third kappa shape index (κ3) is 3.05. The van der Waals surface area contributed by atoms with Crippen molar-refractivity contribution in [1.82, 2.24) is 19.5 Å². The molecule has 2 aromatic heterocycles. The standard InChI is InChI=1S/C19H18F3N5O4/c1-18-13(30-16(31-18)9-2-4-10(5-3-9)19(20,21)22)11(6-28)29-17(18)27-8-26-12-14(23)24-7-25-15(12)27/h2-5,7-8,11,13,16-17,28H,6H2,1H3,(H2,23,24,25)/t11-,13-,16?,17-,18-/m1/s1. The van der Waals surface area contributed by atoms with Gasteiger partial charge in [0, 0.05) is 5.56 Å². The van der Waals surface area contributed by atoms with Gasteiger partial charge in [-0.3, -0.25) is 4.57 Å². The molecule has 1 aromatic carbocycles. The zero-order valence-corrected chi connectivity index (χ0v) is 16.2. The normalized spacial score (nSPS) is 30.7. The third-order valence-corrected chi connectivity index (χ3v) is 5.66. The fourth-order valence-electron chi connectivity index (χ4n) is 4.12. The van der Waals surface area contributed by atoms with Gasteiger partial charge in [0.05, 0.1) is 18.5 Å². The summed E-state index contributed by atoms with van der Waals surface area (Å²) in [6.07, 6.45) is -4.80. The van der Waals surface area contributed by atoms with Crippen molar-refractivity contribution in [3.05, 3.63) is 48.0 Å². The molecule has 3 N–H and O–H groups in total. The number of nitrogen functional groups attached to an aromatic ring is 1. The number of aliphatic hydroxyl groups excluding tert-OH is 1. The highest BCUT2D eigenvalue weighted by atomic mass is 19.4. The molecule has 5 atom stereocenters. The quantitative estimate of drug-likeness (QED) is 0.640. The average molecular weight is 437 g/mol. The number of aromatic nitrogens is 4. The lowest BCUT2D eigenvalue weighted by atomic mass is 9.96. The Morgan fingerprint density at radius 1 is 1.16 bits per heavy atom. The minimum absolute atomic E-state index is 0.202. The maximum Gasteiger partial charge on any atom is 0.416 e. The number of rotatable bonds is 3. The highest BCUT2D eigenvalue weighted by Gasteiger charge is 2.62. The van der Waals surface area contributed by atoms with Crippen LogP contribution in [0.1, 0.15) is 30.6 Å². The van der Waals surface area contributed by atoms with Gasteiger partial charge < -0.3 is 25.1 Å². The van der Waals surface area contributed by atoms with Gasteiger partial charge in [-0.2, -0.15) is 13.2 Å². The van der Waals surface area contributed by atoms with E-state index in [-0.39, 0.29) is 12.4 Å². The summed E-state index contributed by atoms with van der Waals surface area (Å²) in [5, 5.41) is 9.83. The molecule has 0 radical (unpaired) electrons. The summed E-state index contributed by atoms with van der Waals surface area (Å²) >= 11 is 0. The van der Waals surface area contributed by atoms with Crippen LogP contribution < -0.4 is 5.73 Å². The summed E-state index contributed by atoms with van der Waals surface area (Å²) in [5.41, 5.74) is 5.22. The van der Waals surface area contributed by atoms with Gasteiger partial charge in [0.25, 0.3) is 0 Å². The second kappa shape index (κ2) is 6.85. The number of hydrogen-bond donors (Lipinski definition) is 2. The van der Waals surface area contributed by atoms with Crippen LogP contribution >= 0.6 is 0 Å². The van der Waals surface area contributed by atoms with E-state index in [0.29, 0.717) is 16.7 Å². The summed E-state index contributed by atoms with van der Waals surface area (Å²) in [5.74, 6) is 0.202. The van der Waals surface area contributed by atoms with Crippen molar-refractivity contribution in [2.75, 3.05) is 12.3 Å². The van der Waals surface area contributed by atoms with Crippen molar-refractivity contribution >= 4 is 17.0 Å². The van der Waals surface area contributed by atoms with Crippen molar-refractivity contribution in [2.24, 2.45) is 0 Å². The molecule has 2 saturated heterocycles. The number of hydrogen-bond acceptors (Lipinski definition) is 8. The second-order valence-electron chi connectivity index (χ2n) is 7.60. The second-order valence-corrected chi connectivity index (χ2v) is 7.60. The minimum atomic E-state index is -4.44. The predicted molar refractivity (Wildman–Crippen MR) is 99.3 cm³/mol. The van der Waals surface area contributed by atoms with Gasteiger partial charge in [-0.25, -0.2) is 15.0 Å². The fraction of sp³-hybridized carbons (Fsp3) is 0.421. The fourth-order valence-corrected chi connectivity index (χ4v) is 4.12. The van der Waals surface area contributed by atoms with E-state index in [9.17, 15) is 18.3 Å². The van der Waals surface area contributed by atoms with Crippen molar-refractivity contribution in [3.8, 4) is 0 Å². The van der Waals surface area contributed by atoms with E-state index in [2.05, 4.69) is 15.0 Å². The molecular formula is C19H18F3N5O4. The van der Waals surface area contributed by atoms with E-state index < -0.39 is 42.1 Å². The first-order chi connectivity index (χ1) is 14.7. The molecule has 31 heavy (non-hydrogen) atoms. The predicted octanol–water partition coefficient (Wildman–Crippen LogP) is 2.19. The number of aliphatic hydroxyl groups is 1. The van der Waals surface area contributed by atoms with E-state index in [4.69, 9.17) is 19.9 Å². The van der Waals surface area contributed by atoms with Crippen LogP contribution in [0.2, 0.25) is 0 Å². The zero-order chi connectivity index (χ0) is 22.0. The van der Waals surface area contributed by atoms with Crippen molar-refractivity contribution in [3.63, 3.8) is 0 Å². The highest BCUT2D eigenvalue weighted by Crippen LogP contribution is 2.52. The largest absolute Gasteiger partial charge is 0.416 e. The Balaban J connectivity index is 1.49. The van der Waals surface area contributed by atoms with Gasteiger partial charge in [0.2, 0.25) is 0 Å². The molecule has 5 rings (SSSR count). The lowest BCUT2D eigenvalue weighted by Gasteiger charge is -2.28. The van der Waals surface area contributed by atoms with Crippen molar-refractivity contribution < 1.29 is 32.5 Å².